The monoisotopic (exact) mass is 465 g/mol. The quantitative estimate of drug-likeness (QED) is 0.394. The number of halogens is 8. The minimum absolute atomic E-state index is 0.0820. The summed E-state index contributed by atoms with van der Waals surface area (Å²) in [5, 5.41) is -0.479. The fourth-order valence-electron chi connectivity index (χ4n) is 2.55. The molecule has 3 aromatic rings. The highest BCUT2D eigenvalue weighted by atomic mass is 35.5. The number of hydrogen-bond donors (Lipinski definition) is 0. The lowest BCUT2D eigenvalue weighted by Crippen LogP contribution is -2.14. The Labute approximate surface area is 175 Å². The normalized spacial score (nSPS) is 12.0. The van der Waals surface area contributed by atoms with E-state index in [0.717, 1.165) is 24.5 Å². The zero-order valence-corrected chi connectivity index (χ0v) is 16.1. The van der Waals surface area contributed by atoms with Crippen LogP contribution >= 0.6 is 11.6 Å². The van der Waals surface area contributed by atoms with E-state index in [1.54, 1.807) is 0 Å². The first kappa shape index (κ1) is 22.6. The van der Waals surface area contributed by atoms with Gasteiger partial charge in [0, 0.05) is 18.8 Å². The Kier molecular flexibility index (Phi) is 5.99. The first-order valence-corrected chi connectivity index (χ1v) is 8.71. The summed E-state index contributed by atoms with van der Waals surface area (Å²) < 4.78 is 96.5. The summed E-state index contributed by atoms with van der Waals surface area (Å²) >= 11 is 5.61. The number of alkyl halides is 6. The molecule has 0 saturated heterocycles. The average Bonchev–Trinajstić information content (AvgIpc) is 2.68. The molecule has 0 amide bonds. The summed E-state index contributed by atoms with van der Waals surface area (Å²) in [5.41, 5.74) is -2.48. The molecule has 4 nitrogen and oxygen atoms in total. The van der Waals surface area contributed by atoms with Crippen LogP contribution in [0, 0.1) is 5.82 Å². The number of nitrogens with zero attached hydrogens (tertiary/aromatic N) is 3. The number of aromatic nitrogens is 2. The van der Waals surface area contributed by atoms with Crippen LogP contribution in [0.1, 0.15) is 11.1 Å². The van der Waals surface area contributed by atoms with Gasteiger partial charge in [-0.25, -0.2) is 14.4 Å². The topological polar surface area (TPSA) is 38.2 Å². The summed E-state index contributed by atoms with van der Waals surface area (Å²) in [6, 6.07) is 6.46. The average molecular weight is 466 g/mol. The van der Waals surface area contributed by atoms with Crippen LogP contribution in [-0.2, 0) is 12.4 Å². The molecule has 1 heterocycles. The van der Waals surface area contributed by atoms with Gasteiger partial charge < -0.3 is 9.64 Å². The molecule has 0 aliphatic carbocycles. The second kappa shape index (κ2) is 8.22. The van der Waals surface area contributed by atoms with Crippen LogP contribution in [0.5, 0.6) is 11.6 Å². The standard InChI is InChI=1S/C19H11ClF7N3O/c1-30(10-2-4-14(20)12(6-10)18(22,23)24)16-8-17(29-9-28-16)31-11-3-5-15(21)13(7-11)19(25,26)27/h2-9H,1H3. The highest BCUT2D eigenvalue weighted by Crippen LogP contribution is 2.38. The van der Waals surface area contributed by atoms with E-state index in [2.05, 4.69) is 9.97 Å². The van der Waals surface area contributed by atoms with E-state index in [0.29, 0.717) is 12.1 Å². The highest BCUT2D eigenvalue weighted by Gasteiger charge is 2.35. The van der Waals surface area contributed by atoms with Gasteiger partial charge in [-0.05, 0) is 36.4 Å². The molecule has 2 aromatic carbocycles. The first-order chi connectivity index (χ1) is 14.4. The lowest BCUT2D eigenvalue weighted by molar-refractivity contribution is -0.140. The van der Waals surface area contributed by atoms with Crippen LogP contribution in [0.4, 0.5) is 42.2 Å². The van der Waals surface area contributed by atoms with Crippen molar-refractivity contribution in [3.63, 3.8) is 0 Å². The van der Waals surface area contributed by atoms with Crippen LogP contribution in [0.25, 0.3) is 0 Å². The maximum Gasteiger partial charge on any atom is 0.419 e. The van der Waals surface area contributed by atoms with Crippen LogP contribution in [0.3, 0.4) is 0 Å². The summed E-state index contributed by atoms with van der Waals surface area (Å²) in [6.45, 7) is 0. The Morgan fingerprint density at radius 2 is 1.55 bits per heavy atom. The predicted octanol–water partition coefficient (Wildman–Crippen LogP) is 6.87. The number of hydrogen-bond acceptors (Lipinski definition) is 4. The predicted molar refractivity (Wildman–Crippen MR) is 98.0 cm³/mol. The van der Waals surface area contributed by atoms with Crippen molar-refractivity contribution in [1.82, 2.24) is 9.97 Å². The maximum atomic E-state index is 13.4. The molecule has 0 fully saturated rings. The van der Waals surface area contributed by atoms with E-state index in [1.807, 2.05) is 0 Å². The van der Waals surface area contributed by atoms with Crippen LogP contribution in [-0.4, -0.2) is 17.0 Å². The van der Waals surface area contributed by atoms with Gasteiger partial charge in [0.15, 0.2) is 0 Å². The molecule has 0 aliphatic rings. The Bertz CT molecular complexity index is 1100. The van der Waals surface area contributed by atoms with Gasteiger partial charge in [-0.1, -0.05) is 11.6 Å². The van der Waals surface area contributed by atoms with Gasteiger partial charge in [0.05, 0.1) is 16.1 Å². The van der Waals surface area contributed by atoms with Crippen molar-refractivity contribution in [3.05, 3.63) is 70.8 Å². The van der Waals surface area contributed by atoms with Crippen LogP contribution < -0.4 is 9.64 Å². The second-order valence-electron chi connectivity index (χ2n) is 6.18. The third-order valence-corrected chi connectivity index (χ3v) is 4.41. The molecule has 0 radical (unpaired) electrons. The van der Waals surface area contributed by atoms with E-state index in [9.17, 15) is 30.7 Å². The molecule has 0 N–H and O–H groups in total. The van der Waals surface area contributed by atoms with Gasteiger partial charge in [0.25, 0.3) is 0 Å². The highest BCUT2D eigenvalue weighted by molar-refractivity contribution is 6.31. The zero-order valence-electron chi connectivity index (χ0n) is 15.4. The van der Waals surface area contributed by atoms with Gasteiger partial charge in [-0.3, -0.25) is 0 Å². The number of rotatable bonds is 4. The summed E-state index contributed by atoms with van der Waals surface area (Å²) in [4.78, 5) is 8.95. The van der Waals surface area contributed by atoms with Crippen molar-refractivity contribution < 1.29 is 35.5 Å². The second-order valence-corrected chi connectivity index (χ2v) is 6.58. The molecule has 0 spiro atoms. The molecule has 3 rings (SSSR count). The molecule has 31 heavy (non-hydrogen) atoms. The molecule has 0 bridgehead atoms. The Morgan fingerprint density at radius 3 is 2.19 bits per heavy atom. The summed E-state index contributed by atoms with van der Waals surface area (Å²) in [7, 11) is 1.41. The van der Waals surface area contributed by atoms with Crippen molar-refractivity contribution >= 4 is 23.1 Å². The molecule has 0 saturated carbocycles. The van der Waals surface area contributed by atoms with Gasteiger partial charge in [0.2, 0.25) is 5.88 Å². The fraction of sp³-hybridized carbons (Fsp3) is 0.158. The minimum atomic E-state index is -4.93. The molecule has 0 aliphatic heterocycles. The van der Waals surface area contributed by atoms with Gasteiger partial charge in [-0.2, -0.15) is 26.3 Å². The van der Waals surface area contributed by atoms with Crippen molar-refractivity contribution in [3.8, 4) is 11.6 Å². The number of benzene rings is 2. The number of ether oxygens (including phenoxy) is 1. The molecule has 164 valence electrons. The SMILES string of the molecule is CN(c1ccc(Cl)c(C(F)(F)F)c1)c1cc(Oc2ccc(F)c(C(F)(F)F)c2)ncn1. The van der Waals surface area contributed by atoms with E-state index < -0.39 is 34.3 Å². The first-order valence-electron chi connectivity index (χ1n) is 8.33. The Hall–Kier alpha value is -3.08. The van der Waals surface area contributed by atoms with Crippen molar-refractivity contribution in [2.24, 2.45) is 0 Å². The van der Waals surface area contributed by atoms with Crippen LogP contribution in [0.2, 0.25) is 5.02 Å². The van der Waals surface area contributed by atoms with Gasteiger partial charge in [-0.15, -0.1) is 0 Å². The maximum absolute atomic E-state index is 13.4. The largest absolute Gasteiger partial charge is 0.439 e. The number of anilines is 2. The molecular weight excluding hydrogens is 455 g/mol. The molecular formula is C19H11ClF7N3O. The zero-order chi connectivity index (χ0) is 23.0. The molecule has 0 atom stereocenters. The molecule has 12 heteroatoms. The Balaban J connectivity index is 1.89. The van der Waals surface area contributed by atoms with E-state index in [4.69, 9.17) is 16.3 Å². The van der Waals surface area contributed by atoms with Crippen molar-refractivity contribution in [2.45, 2.75) is 12.4 Å². The Morgan fingerprint density at radius 1 is 0.871 bits per heavy atom. The third-order valence-electron chi connectivity index (χ3n) is 4.08. The molecule has 1 aromatic heterocycles. The van der Waals surface area contributed by atoms with Crippen LogP contribution in [0.15, 0.2) is 48.8 Å². The summed E-state index contributed by atoms with van der Waals surface area (Å²) in [5.74, 6) is -1.93. The lowest BCUT2D eigenvalue weighted by Gasteiger charge is -2.20. The van der Waals surface area contributed by atoms with Crippen molar-refractivity contribution in [1.29, 1.82) is 0 Å². The van der Waals surface area contributed by atoms with Crippen molar-refractivity contribution in [2.75, 3.05) is 11.9 Å². The van der Waals surface area contributed by atoms with Gasteiger partial charge in [0.1, 0.15) is 23.7 Å². The van der Waals surface area contributed by atoms with E-state index in [1.165, 1.54) is 24.1 Å². The molecule has 0 unspecified atom stereocenters. The van der Waals surface area contributed by atoms with E-state index in [-0.39, 0.29) is 23.1 Å². The lowest BCUT2D eigenvalue weighted by atomic mass is 10.2. The van der Waals surface area contributed by atoms with Gasteiger partial charge >= 0.3 is 12.4 Å². The fourth-order valence-corrected chi connectivity index (χ4v) is 2.77. The van der Waals surface area contributed by atoms with E-state index >= 15 is 0 Å². The smallest absolute Gasteiger partial charge is 0.419 e. The summed E-state index contributed by atoms with van der Waals surface area (Å²) in [6.07, 6.45) is -8.59. The third kappa shape index (κ3) is 5.16. The minimum Gasteiger partial charge on any atom is -0.439 e.